The summed E-state index contributed by atoms with van der Waals surface area (Å²) >= 11 is 0. The van der Waals surface area contributed by atoms with Gasteiger partial charge in [-0.05, 0) is 12.8 Å². The van der Waals surface area contributed by atoms with Crippen molar-refractivity contribution in [3.63, 3.8) is 0 Å². The summed E-state index contributed by atoms with van der Waals surface area (Å²) in [5, 5.41) is 14.4. The van der Waals surface area contributed by atoms with Crippen LogP contribution in [0.4, 0.5) is 5.82 Å². The predicted molar refractivity (Wildman–Crippen MR) is 85.8 cm³/mol. The minimum Gasteiger partial charge on any atom is -0.356 e. The number of nitrogens with one attached hydrogen (secondary N) is 1. The smallest absolute Gasteiger partial charge is 0.177 e. The summed E-state index contributed by atoms with van der Waals surface area (Å²) < 4.78 is 0. The van der Waals surface area contributed by atoms with Crippen LogP contribution in [0.1, 0.15) is 24.6 Å². The fraction of sp³-hybridized carbons (Fsp3) is 0.312. The van der Waals surface area contributed by atoms with Gasteiger partial charge in [-0.3, -0.25) is 0 Å². The summed E-state index contributed by atoms with van der Waals surface area (Å²) in [6.45, 7) is 1.87. The molecule has 1 aliphatic rings. The molecule has 1 aliphatic heterocycles. The van der Waals surface area contributed by atoms with Crippen LogP contribution in [0.5, 0.6) is 0 Å². The highest BCUT2D eigenvalue weighted by molar-refractivity contribution is 5.62. The van der Waals surface area contributed by atoms with Crippen LogP contribution >= 0.6 is 0 Å². The quantitative estimate of drug-likeness (QED) is 0.797. The molecule has 7 heteroatoms. The molecule has 23 heavy (non-hydrogen) atoms. The molecule has 0 radical (unpaired) electrons. The molecule has 116 valence electrons. The van der Waals surface area contributed by atoms with E-state index in [1.807, 2.05) is 18.2 Å². The van der Waals surface area contributed by atoms with Gasteiger partial charge in [0.15, 0.2) is 5.82 Å². The van der Waals surface area contributed by atoms with E-state index >= 15 is 0 Å². The Bertz CT molecular complexity index is 749. The maximum atomic E-state index is 4.44. The van der Waals surface area contributed by atoms with Gasteiger partial charge >= 0.3 is 0 Å². The molecule has 7 nitrogen and oxygen atoms in total. The number of aromatic nitrogens is 6. The maximum absolute atomic E-state index is 4.44. The van der Waals surface area contributed by atoms with Crippen LogP contribution in [0.25, 0.3) is 11.3 Å². The van der Waals surface area contributed by atoms with Gasteiger partial charge in [-0.2, -0.15) is 5.21 Å². The normalized spacial score (nSPS) is 15.7. The van der Waals surface area contributed by atoms with E-state index in [1.165, 1.54) is 0 Å². The zero-order valence-corrected chi connectivity index (χ0v) is 12.6. The summed E-state index contributed by atoms with van der Waals surface area (Å²) in [6.07, 6.45) is 3.65. The second-order valence-corrected chi connectivity index (χ2v) is 5.66. The van der Waals surface area contributed by atoms with Gasteiger partial charge in [0.1, 0.15) is 12.1 Å². The molecule has 2 aromatic heterocycles. The number of benzene rings is 1. The number of aromatic amines is 1. The first-order valence-electron chi connectivity index (χ1n) is 7.76. The highest BCUT2D eigenvalue weighted by Crippen LogP contribution is 2.28. The molecule has 1 aromatic carbocycles. The van der Waals surface area contributed by atoms with Crippen molar-refractivity contribution in [3.8, 4) is 11.3 Å². The highest BCUT2D eigenvalue weighted by atomic mass is 15.5. The lowest BCUT2D eigenvalue weighted by Crippen LogP contribution is -2.33. The monoisotopic (exact) mass is 307 g/mol. The van der Waals surface area contributed by atoms with Crippen molar-refractivity contribution >= 4 is 5.82 Å². The van der Waals surface area contributed by atoms with E-state index in [4.69, 9.17) is 0 Å². The van der Waals surface area contributed by atoms with Crippen molar-refractivity contribution in [1.29, 1.82) is 0 Å². The molecular weight excluding hydrogens is 290 g/mol. The van der Waals surface area contributed by atoms with Gasteiger partial charge < -0.3 is 4.90 Å². The minimum absolute atomic E-state index is 0.375. The van der Waals surface area contributed by atoms with E-state index in [0.29, 0.717) is 5.92 Å². The first-order valence-corrected chi connectivity index (χ1v) is 7.76. The molecule has 3 heterocycles. The minimum atomic E-state index is 0.375. The lowest BCUT2D eigenvalue weighted by atomic mass is 9.96. The fourth-order valence-electron chi connectivity index (χ4n) is 3.00. The Labute approximate surface area is 133 Å². The summed E-state index contributed by atoms with van der Waals surface area (Å²) in [6, 6.07) is 12.2. The largest absolute Gasteiger partial charge is 0.356 e. The maximum Gasteiger partial charge on any atom is 0.177 e. The van der Waals surface area contributed by atoms with E-state index in [-0.39, 0.29) is 0 Å². The molecule has 0 unspecified atom stereocenters. The third-order valence-electron chi connectivity index (χ3n) is 4.27. The number of nitrogens with zero attached hydrogens (tertiary/aromatic N) is 6. The van der Waals surface area contributed by atoms with Gasteiger partial charge in [-0.25, -0.2) is 9.97 Å². The molecule has 0 amide bonds. The van der Waals surface area contributed by atoms with Crippen molar-refractivity contribution in [1.82, 2.24) is 30.6 Å². The Morgan fingerprint density at radius 3 is 2.61 bits per heavy atom. The van der Waals surface area contributed by atoms with Crippen molar-refractivity contribution < 1.29 is 0 Å². The topological polar surface area (TPSA) is 83.5 Å². The van der Waals surface area contributed by atoms with Crippen LogP contribution < -0.4 is 4.90 Å². The SMILES string of the molecule is c1ccc(-c2cc(N3CCC(c4nn[nH]n4)CC3)ncn2)cc1. The highest BCUT2D eigenvalue weighted by Gasteiger charge is 2.24. The Kier molecular flexibility index (Phi) is 3.67. The van der Waals surface area contributed by atoms with Crippen molar-refractivity contribution in [2.24, 2.45) is 0 Å². The fourth-order valence-corrected chi connectivity index (χ4v) is 3.00. The molecule has 0 bridgehead atoms. The summed E-state index contributed by atoms with van der Waals surface area (Å²) in [7, 11) is 0. The van der Waals surface area contributed by atoms with Crippen LogP contribution in [0, 0.1) is 0 Å². The molecule has 0 spiro atoms. The Hall–Kier alpha value is -2.83. The Morgan fingerprint density at radius 1 is 1.04 bits per heavy atom. The number of piperidine rings is 1. The van der Waals surface area contributed by atoms with Crippen LogP contribution in [-0.2, 0) is 0 Å². The molecule has 1 N–H and O–H groups in total. The zero-order chi connectivity index (χ0) is 15.5. The van der Waals surface area contributed by atoms with Crippen molar-refractivity contribution in [2.45, 2.75) is 18.8 Å². The first kappa shape index (κ1) is 13.8. The van der Waals surface area contributed by atoms with E-state index in [2.05, 4.69) is 53.7 Å². The average molecular weight is 307 g/mol. The molecule has 4 rings (SSSR count). The number of hydrogen-bond donors (Lipinski definition) is 1. The van der Waals surface area contributed by atoms with Gasteiger partial charge in [-0.15, -0.1) is 10.2 Å². The van der Waals surface area contributed by atoms with Gasteiger partial charge in [0.2, 0.25) is 0 Å². The number of H-pyrrole nitrogens is 1. The predicted octanol–water partition coefficient (Wildman–Crippen LogP) is 2.04. The summed E-state index contributed by atoms with van der Waals surface area (Å²) in [5.74, 6) is 2.17. The van der Waals surface area contributed by atoms with Gasteiger partial charge in [0.25, 0.3) is 0 Å². The molecule has 0 atom stereocenters. The second-order valence-electron chi connectivity index (χ2n) is 5.66. The van der Waals surface area contributed by atoms with E-state index in [0.717, 1.165) is 48.8 Å². The van der Waals surface area contributed by atoms with Crippen molar-refractivity contribution in [2.75, 3.05) is 18.0 Å². The molecule has 0 saturated carbocycles. The van der Waals surface area contributed by atoms with E-state index < -0.39 is 0 Å². The number of tetrazole rings is 1. The molecule has 1 fully saturated rings. The zero-order valence-electron chi connectivity index (χ0n) is 12.6. The standard InChI is InChI=1S/C16H17N7/c1-2-4-12(5-3-1)14-10-15(18-11-17-14)23-8-6-13(7-9-23)16-19-21-22-20-16/h1-5,10-11,13H,6-9H2,(H,19,20,21,22). The Balaban J connectivity index is 1.49. The van der Waals surface area contributed by atoms with Gasteiger partial charge in [0.05, 0.1) is 5.69 Å². The lowest BCUT2D eigenvalue weighted by molar-refractivity contribution is 0.483. The van der Waals surface area contributed by atoms with Crippen LogP contribution in [0.15, 0.2) is 42.7 Å². The van der Waals surface area contributed by atoms with E-state index in [9.17, 15) is 0 Å². The Morgan fingerprint density at radius 2 is 1.87 bits per heavy atom. The third-order valence-corrected chi connectivity index (χ3v) is 4.27. The van der Waals surface area contributed by atoms with Crippen LogP contribution in [0.3, 0.4) is 0 Å². The number of rotatable bonds is 3. The molecule has 3 aromatic rings. The number of anilines is 1. The summed E-state index contributed by atoms with van der Waals surface area (Å²) in [4.78, 5) is 11.1. The second kappa shape index (κ2) is 6.12. The lowest BCUT2D eigenvalue weighted by Gasteiger charge is -2.31. The van der Waals surface area contributed by atoms with Gasteiger partial charge in [0, 0.05) is 30.6 Å². The van der Waals surface area contributed by atoms with Crippen LogP contribution in [-0.4, -0.2) is 43.7 Å². The molecule has 0 aliphatic carbocycles. The summed E-state index contributed by atoms with van der Waals surface area (Å²) in [5.41, 5.74) is 2.06. The van der Waals surface area contributed by atoms with Crippen LogP contribution in [0.2, 0.25) is 0 Å². The first-order chi connectivity index (χ1) is 11.4. The molecular formula is C16H17N7. The average Bonchev–Trinajstić information content (AvgIpc) is 3.17. The van der Waals surface area contributed by atoms with Crippen molar-refractivity contribution in [3.05, 3.63) is 48.5 Å². The number of hydrogen-bond acceptors (Lipinski definition) is 6. The third kappa shape index (κ3) is 2.90. The molecule has 1 saturated heterocycles. The van der Waals surface area contributed by atoms with E-state index in [1.54, 1.807) is 6.33 Å². The van der Waals surface area contributed by atoms with Gasteiger partial charge in [-0.1, -0.05) is 35.5 Å².